The summed E-state index contributed by atoms with van der Waals surface area (Å²) in [6.45, 7) is 1.42. The number of thioether (sulfide) groups is 1. The third-order valence-electron chi connectivity index (χ3n) is 3.23. The zero-order valence-corrected chi connectivity index (χ0v) is 12.3. The molecular formula is C13H18N6OS. The summed E-state index contributed by atoms with van der Waals surface area (Å²) < 4.78 is 0. The van der Waals surface area contributed by atoms with Crippen LogP contribution in [0.25, 0.3) is 5.82 Å². The van der Waals surface area contributed by atoms with Gasteiger partial charge in [0.25, 0.3) is 5.91 Å². The summed E-state index contributed by atoms with van der Waals surface area (Å²) in [5.41, 5.74) is 6.36. The molecule has 1 atom stereocenters. The van der Waals surface area contributed by atoms with Gasteiger partial charge < -0.3 is 26.7 Å². The van der Waals surface area contributed by atoms with Crippen molar-refractivity contribution in [2.75, 3.05) is 18.8 Å². The molecule has 112 valence electrons. The maximum atomic E-state index is 12.3. The number of aromatic amines is 1. The van der Waals surface area contributed by atoms with Gasteiger partial charge >= 0.3 is 0 Å². The first-order valence-electron chi connectivity index (χ1n) is 6.88. The van der Waals surface area contributed by atoms with E-state index in [0.29, 0.717) is 23.7 Å². The van der Waals surface area contributed by atoms with Gasteiger partial charge in [0.15, 0.2) is 0 Å². The van der Waals surface area contributed by atoms with Gasteiger partial charge in [0.1, 0.15) is 17.5 Å². The molecular weight excluding hydrogens is 288 g/mol. The molecule has 0 spiro atoms. The molecule has 2 aliphatic heterocycles. The number of amides is 1. The summed E-state index contributed by atoms with van der Waals surface area (Å²) in [4.78, 5) is 20.6. The molecule has 2 aliphatic rings. The molecule has 1 aromatic rings. The molecule has 0 radical (unpaired) electrons. The smallest absolute Gasteiger partial charge is 0.264 e. The van der Waals surface area contributed by atoms with Crippen molar-refractivity contribution in [3.05, 3.63) is 34.1 Å². The van der Waals surface area contributed by atoms with Gasteiger partial charge in [-0.15, -0.1) is 11.8 Å². The highest BCUT2D eigenvalue weighted by molar-refractivity contribution is 8.04. The largest absolute Gasteiger partial charge is 0.389 e. The molecule has 6 N–H and O–H groups in total. The van der Waals surface area contributed by atoms with Crippen LogP contribution in [0.2, 0.25) is 0 Å². The number of nitrogens with two attached hydrogens (primary N) is 1. The lowest BCUT2D eigenvalue weighted by molar-refractivity contribution is -0.115. The first-order chi connectivity index (χ1) is 10.3. The molecule has 0 unspecified atom stereocenters. The second kappa shape index (κ2) is 6.23. The topological polar surface area (TPSA) is 107 Å². The lowest BCUT2D eigenvalue weighted by Gasteiger charge is -2.22. The minimum Gasteiger partial charge on any atom is -0.389 e. The van der Waals surface area contributed by atoms with Crippen molar-refractivity contribution in [1.29, 1.82) is 0 Å². The maximum Gasteiger partial charge on any atom is 0.264 e. The van der Waals surface area contributed by atoms with Gasteiger partial charge in [-0.25, -0.2) is 4.99 Å². The third-order valence-corrected chi connectivity index (χ3v) is 4.25. The Kier molecular flexibility index (Phi) is 4.16. The Labute approximate surface area is 126 Å². The van der Waals surface area contributed by atoms with Crippen molar-refractivity contribution in [2.24, 2.45) is 10.7 Å². The second-order valence-corrected chi connectivity index (χ2v) is 5.88. The highest BCUT2D eigenvalue weighted by Gasteiger charge is 2.19. The number of H-pyrrole nitrogens is 1. The lowest BCUT2D eigenvalue weighted by Crippen LogP contribution is -2.49. The van der Waals surface area contributed by atoms with E-state index in [4.69, 9.17) is 5.73 Å². The van der Waals surface area contributed by atoms with Gasteiger partial charge in [0.2, 0.25) is 0 Å². The number of hydrogen-bond donors (Lipinski definition) is 5. The van der Waals surface area contributed by atoms with Crippen LogP contribution in [0, 0.1) is 0 Å². The molecule has 3 rings (SSSR count). The summed E-state index contributed by atoms with van der Waals surface area (Å²) in [5.74, 6) is 1.45. The van der Waals surface area contributed by atoms with Crippen LogP contribution >= 0.6 is 11.8 Å². The normalized spacial score (nSPS) is 20.5. The molecule has 7 nitrogen and oxygen atoms in total. The highest BCUT2D eigenvalue weighted by Crippen LogP contribution is 2.17. The van der Waals surface area contributed by atoms with Crippen LogP contribution in [0.1, 0.15) is 6.42 Å². The minimum absolute atomic E-state index is 0.116. The molecule has 0 saturated carbocycles. The first-order valence-corrected chi connectivity index (χ1v) is 7.86. The Hall–Kier alpha value is -1.93. The summed E-state index contributed by atoms with van der Waals surface area (Å²) in [5, 5.41) is 10.1. The van der Waals surface area contributed by atoms with E-state index < -0.39 is 0 Å². The zero-order valence-electron chi connectivity index (χ0n) is 11.5. The highest BCUT2D eigenvalue weighted by atomic mass is 32.2. The SMILES string of the molecule is NCC[C@@H]1N=c2[nH]ccc2=C(NC(=O)C2=CNCCS2)N1. The van der Waals surface area contributed by atoms with E-state index in [2.05, 4.69) is 25.9 Å². The molecule has 1 aromatic heterocycles. The molecule has 21 heavy (non-hydrogen) atoms. The van der Waals surface area contributed by atoms with E-state index in [9.17, 15) is 4.79 Å². The van der Waals surface area contributed by atoms with Gasteiger partial charge in [-0.2, -0.15) is 0 Å². The predicted molar refractivity (Wildman–Crippen MR) is 82.3 cm³/mol. The van der Waals surface area contributed by atoms with Gasteiger partial charge in [-0.1, -0.05) is 0 Å². The lowest BCUT2D eigenvalue weighted by atomic mass is 10.3. The van der Waals surface area contributed by atoms with Crippen LogP contribution in [0.5, 0.6) is 0 Å². The van der Waals surface area contributed by atoms with Crippen molar-refractivity contribution in [1.82, 2.24) is 20.9 Å². The van der Waals surface area contributed by atoms with Gasteiger partial charge in [0, 0.05) is 31.1 Å². The van der Waals surface area contributed by atoms with E-state index in [1.165, 1.54) is 0 Å². The van der Waals surface area contributed by atoms with E-state index in [1.54, 1.807) is 18.0 Å². The van der Waals surface area contributed by atoms with Gasteiger partial charge in [0.05, 0.1) is 10.1 Å². The van der Waals surface area contributed by atoms with Crippen LogP contribution in [0.15, 0.2) is 28.4 Å². The molecule has 0 bridgehead atoms. The number of fused-ring (bicyclic) bond motifs is 1. The van der Waals surface area contributed by atoms with Gasteiger partial charge in [-0.3, -0.25) is 4.79 Å². The van der Waals surface area contributed by atoms with Crippen molar-refractivity contribution >= 4 is 23.5 Å². The zero-order chi connectivity index (χ0) is 14.7. The maximum absolute atomic E-state index is 12.3. The molecule has 0 fully saturated rings. The number of carbonyl (C=O) groups is 1. The Morgan fingerprint density at radius 1 is 1.57 bits per heavy atom. The minimum atomic E-state index is -0.123. The Morgan fingerprint density at radius 3 is 3.24 bits per heavy atom. The average Bonchev–Trinajstić information content (AvgIpc) is 2.97. The standard InChI is InChI=1S/C13H18N6OS/c14-3-1-10-17-11-8(2-4-16-11)12(18-10)19-13(20)9-7-15-5-6-21-9/h2,4,7,10,15,18H,1,3,5-6,14H2,(H,16,17)(H,19,20)/t10-/m1/s1. The van der Waals surface area contributed by atoms with Crippen LogP contribution in [-0.2, 0) is 4.79 Å². The average molecular weight is 306 g/mol. The van der Waals surface area contributed by atoms with Crippen molar-refractivity contribution < 1.29 is 4.79 Å². The van der Waals surface area contributed by atoms with Crippen LogP contribution in [-0.4, -0.2) is 35.9 Å². The van der Waals surface area contributed by atoms with Gasteiger partial charge in [-0.05, 0) is 12.6 Å². The predicted octanol–water partition coefficient (Wildman–Crippen LogP) is -1.73. The third kappa shape index (κ3) is 3.06. The Bertz CT molecular complexity index is 679. The summed E-state index contributed by atoms with van der Waals surface area (Å²) in [6.07, 6.45) is 4.15. The molecule has 0 aliphatic carbocycles. The van der Waals surface area contributed by atoms with Crippen LogP contribution in [0.4, 0.5) is 0 Å². The quantitative estimate of drug-likeness (QED) is 0.454. The number of rotatable bonds is 4. The number of nitrogens with zero attached hydrogens (tertiary/aromatic N) is 1. The fourth-order valence-corrected chi connectivity index (χ4v) is 3.02. The molecule has 0 aromatic carbocycles. The summed E-state index contributed by atoms with van der Waals surface area (Å²) in [6, 6.07) is 1.89. The second-order valence-electron chi connectivity index (χ2n) is 4.75. The number of nitrogens with one attached hydrogen (secondary N) is 4. The van der Waals surface area contributed by atoms with Crippen LogP contribution < -0.4 is 32.4 Å². The fourth-order valence-electron chi connectivity index (χ4n) is 2.23. The number of hydrogen-bond acceptors (Lipinski definition) is 6. The number of carbonyl (C=O) groups excluding carboxylic acids is 1. The summed E-state index contributed by atoms with van der Waals surface area (Å²) in [7, 11) is 0. The number of aromatic nitrogens is 1. The van der Waals surface area contributed by atoms with Crippen LogP contribution in [0.3, 0.4) is 0 Å². The molecule has 8 heteroatoms. The van der Waals surface area contributed by atoms with E-state index in [-0.39, 0.29) is 12.1 Å². The van der Waals surface area contributed by atoms with E-state index >= 15 is 0 Å². The molecule has 1 amide bonds. The van der Waals surface area contributed by atoms with Crippen molar-refractivity contribution in [2.45, 2.75) is 12.6 Å². The fraction of sp³-hybridized carbons (Fsp3) is 0.385. The molecule has 0 saturated heterocycles. The Morgan fingerprint density at radius 2 is 2.48 bits per heavy atom. The monoisotopic (exact) mass is 306 g/mol. The van der Waals surface area contributed by atoms with E-state index in [0.717, 1.165) is 23.0 Å². The van der Waals surface area contributed by atoms with E-state index in [1.807, 2.05) is 12.3 Å². The first kappa shape index (κ1) is 14.0. The van der Waals surface area contributed by atoms with Crippen molar-refractivity contribution in [3.8, 4) is 0 Å². The summed E-state index contributed by atoms with van der Waals surface area (Å²) >= 11 is 1.55. The molecule has 3 heterocycles. The Balaban J connectivity index is 1.84. The van der Waals surface area contributed by atoms with Crippen molar-refractivity contribution in [3.63, 3.8) is 0 Å².